The fraction of sp³-hybridized carbons (Fsp3) is 0.0476. The summed E-state index contributed by atoms with van der Waals surface area (Å²) < 4.78 is 7.02. The molecule has 4 heteroatoms. The Hall–Kier alpha value is -3.40. The van der Waals surface area contributed by atoms with E-state index in [-0.39, 0.29) is 5.56 Å². The summed E-state index contributed by atoms with van der Waals surface area (Å²) in [5, 5.41) is 0.619. The first-order valence-electron chi connectivity index (χ1n) is 8.06. The molecule has 0 aliphatic rings. The molecule has 0 saturated heterocycles. The van der Waals surface area contributed by atoms with Crippen molar-refractivity contribution in [3.63, 3.8) is 0 Å². The van der Waals surface area contributed by atoms with E-state index in [0.29, 0.717) is 29.0 Å². The molecule has 0 fully saturated rings. The first-order chi connectivity index (χ1) is 12.3. The minimum absolute atomic E-state index is 0.0476. The van der Waals surface area contributed by atoms with Crippen molar-refractivity contribution < 1.29 is 4.42 Å². The van der Waals surface area contributed by atoms with Gasteiger partial charge in [-0.1, -0.05) is 42.5 Å². The summed E-state index contributed by atoms with van der Waals surface area (Å²) in [6.07, 6.45) is 5.25. The van der Waals surface area contributed by atoms with Gasteiger partial charge in [0.2, 0.25) is 0 Å². The van der Waals surface area contributed by atoms with E-state index in [2.05, 4.69) is 4.98 Å². The van der Waals surface area contributed by atoms with Crippen molar-refractivity contribution in [1.82, 2.24) is 9.55 Å². The van der Waals surface area contributed by atoms with E-state index in [1.54, 1.807) is 10.8 Å². The molecule has 0 saturated carbocycles. The molecule has 2 aromatic carbocycles. The number of fused-ring (bicyclic) bond motifs is 1. The Labute approximate surface area is 144 Å². The van der Waals surface area contributed by atoms with Gasteiger partial charge in [0.25, 0.3) is 5.56 Å². The second-order valence-electron chi connectivity index (χ2n) is 5.71. The Bertz CT molecular complexity index is 1080. The third kappa shape index (κ3) is 3.15. The van der Waals surface area contributed by atoms with E-state index in [1.165, 1.54) is 0 Å². The third-order valence-electron chi connectivity index (χ3n) is 4.01. The molecule has 0 bridgehead atoms. The number of aromatic nitrogens is 2. The average Bonchev–Trinajstić information content (AvgIpc) is 3.17. The van der Waals surface area contributed by atoms with Gasteiger partial charge in [0, 0.05) is 0 Å². The van der Waals surface area contributed by atoms with E-state index in [4.69, 9.17) is 4.42 Å². The van der Waals surface area contributed by atoms with Gasteiger partial charge in [0.1, 0.15) is 11.6 Å². The van der Waals surface area contributed by atoms with Crippen LogP contribution in [0.3, 0.4) is 0 Å². The summed E-state index contributed by atoms with van der Waals surface area (Å²) in [7, 11) is 0. The highest BCUT2D eigenvalue weighted by atomic mass is 16.3. The zero-order valence-corrected chi connectivity index (χ0v) is 13.5. The summed E-state index contributed by atoms with van der Waals surface area (Å²) in [6, 6.07) is 21.0. The van der Waals surface area contributed by atoms with Gasteiger partial charge in [-0.15, -0.1) is 0 Å². The van der Waals surface area contributed by atoms with Crippen LogP contribution in [0.4, 0.5) is 0 Å². The standard InChI is InChI=1S/C21H16N2O2/c24-21-18-10-4-5-11-19(18)22-20(13-12-17-9-6-14-25-17)23(21)15-16-7-2-1-3-8-16/h1-14H,15H2/b13-12+. The van der Waals surface area contributed by atoms with Crippen molar-refractivity contribution in [3.05, 3.63) is 100 Å². The van der Waals surface area contributed by atoms with E-state index in [0.717, 1.165) is 5.56 Å². The second-order valence-corrected chi connectivity index (χ2v) is 5.71. The van der Waals surface area contributed by atoms with Gasteiger partial charge in [-0.3, -0.25) is 9.36 Å². The molecule has 4 rings (SSSR count). The maximum absolute atomic E-state index is 13.0. The Balaban J connectivity index is 1.86. The van der Waals surface area contributed by atoms with Crippen LogP contribution in [0.2, 0.25) is 0 Å². The summed E-state index contributed by atoms with van der Waals surface area (Å²) in [5.74, 6) is 1.32. The summed E-state index contributed by atoms with van der Waals surface area (Å²) >= 11 is 0. The Kier molecular flexibility index (Phi) is 4.01. The van der Waals surface area contributed by atoms with Crippen molar-refractivity contribution >= 4 is 23.1 Å². The lowest BCUT2D eigenvalue weighted by Gasteiger charge is -2.11. The molecule has 0 unspecified atom stereocenters. The zero-order chi connectivity index (χ0) is 17.1. The molecule has 0 N–H and O–H groups in total. The van der Waals surface area contributed by atoms with Crippen molar-refractivity contribution in [2.45, 2.75) is 6.54 Å². The molecule has 0 aliphatic heterocycles. The smallest absolute Gasteiger partial charge is 0.261 e. The number of rotatable bonds is 4. The zero-order valence-electron chi connectivity index (χ0n) is 13.5. The molecule has 122 valence electrons. The Morgan fingerprint density at radius 1 is 0.920 bits per heavy atom. The second kappa shape index (κ2) is 6.61. The molecule has 2 aromatic heterocycles. The van der Waals surface area contributed by atoms with Gasteiger partial charge in [-0.2, -0.15) is 0 Å². The Morgan fingerprint density at radius 3 is 2.52 bits per heavy atom. The number of furan rings is 1. The van der Waals surface area contributed by atoms with Gasteiger partial charge in [0.15, 0.2) is 0 Å². The predicted molar refractivity (Wildman–Crippen MR) is 99.2 cm³/mol. The van der Waals surface area contributed by atoms with Crippen LogP contribution in [-0.2, 0) is 6.54 Å². The van der Waals surface area contributed by atoms with Crippen molar-refractivity contribution in [2.24, 2.45) is 0 Å². The number of hydrogen-bond donors (Lipinski definition) is 0. The highest BCUT2D eigenvalue weighted by Gasteiger charge is 2.09. The molecule has 4 aromatic rings. The molecule has 0 amide bonds. The summed E-state index contributed by atoms with van der Waals surface area (Å²) in [6.45, 7) is 0.468. The molecule has 4 nitrogen and oxygen atoms in total. The maximum Gasteiger partial charge on any atom is 0.261 e. The van der Waals surface area contributed by atoms with Crippen LogP contribution >= 0.6 is 0 Å². The monoisotopic (exact) mass is 328 g/mol. The number of nitrogens with zero attached hydrogens (tertiary/aromatic N) is 2. The first-order valence-corrected chi connectivity index (χ1v) is 8.06. The van der Waals surface area contributed by atoms with Gasteiger partial charge >= 0.3 is 0 Å². The molecule has 0 atom stereocenters. The van der Waals surface area contributed by atoms with Crippen LogP contribution in [-0.4, -0.2) is 9.55 Å². The van der Waals surface area contributed by atoms with Crippen LogP contribution in [0, 0.1) is 0 Å². The minimum atomic E-state index is -0.0476. The van der Waals surface area contributed by atoms with Gasteiger partial charge in [-0.25, -0.2) is 4.98 Å². The Morgan fingerprint density at radius 2 is 1.72 bits per heavy atom. The average molecular weight is 328 g/mol. The van der Waals surface area contributed by atoms with Gasteiger partial charge < -0.3 is 4.42 Å². The van der Waals surface area contributed by atoms with Crippen molar-refractivity contribution in [3.8, 4) is 0 Å². The number of hydrogen-bond acceptors (Lipinski definition) is 3. The molecule has 25 heavy (non-hydrogen) atoms. The van der Waals surface area contributed by atoms with E-state index >= 15 is 0 Å². The van der Waals surface area contributed by atoms with Crippen LogP contribution in [0.25, 0.3) is 23.1 Å². The minimum Gasteiger partial charge on any atom is -0.465 e. The summed E-state index contributed by atoms with van der Waals surface area (Å²) in [4.78, 5) is 17.6. The van der Waals surface area contributed by atoms with Crippen molar-refractivity contribution in [1.29, 1.82) is 0 Å². The number of para-hydroxylation sites is 1. The first kappa shape index (κ1) is 15.1. The normalized spacial score (nSPS) is 11.4. The maximum atomic E-state index is 13.0. The molecule has 0 aliphatic carbocycles. The third-order valence-corrected chi connectivity index (χ3v) is 4.01. The predicted octanol–water partition coefficient (Wildman–Crippen LogP) is 4.21. The van der Waals surface area contributed by atoms with Gasteiger partial charge in [-0.05, 0) is 42.0 Å². The van der Waals surface area contributed by atoms with E-state index in [1.807, 2.05) is 78.9 Å². The molecule has 0 radical (unpaired) electrons. The molecular weight excluding hydrogens is 312 g/mol. The lowest BCUT2D eigenvalue weighted by molar-refractivity contribution is 0.557. The fourth-order valence-electron chi connectivity index (χ4n) is 2.77. The van der Waals surface area contributed by atoms with Crippen LogP contribution in [0.5, 0.6) is 0 Å². The lowest BCUT2D eigenvalue weighted by atomic mass is 10.2. The van der Waals surface area contributed by atoms with Crippen molar-refractivity contribution in [2.75, 3.05) is 0 Å². The number of benzene rings is 2. The van der Waals surface area contributed by atoms with Gasteiger partial charge in [0.05, 0.1) is 23.7 Å². The highest BCUT2D eigenvalue weighted by Crippen LogP contribution is 2.13. The SMILES string of the molecule is O=c1c2ccccc2nc(/C=C/c2ccco2)n1Cc1ccccc1. The molecule has 2 heterocycles. The summed E-state index contributed by atoms with van der Waals surface area (Å²) in [5.41, 5.74) is 1.69. The fourth-order valence-corrected chi connectivity index (χ4v) is 2.77. The lowest BCUT2D eigenvalue weighted by Crippen LogP contribution is -2.24. The van der Waals surface area contributed by atoms with E-state index < -0.39 is 0 Å². The van der Waals surface area contributed by atoms with Crippen LogP contribution in [0.15, 0.2) is 82.2 Å². The van der Waals surface area contributed by atoms with E-state index in [9.17, 15) is 4.79 Å². The highest BCUT2D eigenvalue weighted by molar-refractivity contribution is 5.79. The topological polar surface area (TPSA) is 48.0 Å². The largest absolute Gasteiger partial charge is 0.465 e. The molecular formula is C21H16N2O2. The van der Waals surface area contributed by atoms with Crippen LogP contribution in [0.1, 0.15) is 17.1 Å². The van der Waals surface area contributed by atoms with Crippen LogP contribution < -0.4 is 5.56 Å². The quantitative estimate of drug-likeness (QED) is 0.564. The molecule has 0 spiro atoms.